The van der Waals surface area contributed by atoms with Crippen LogP contribution in [-0.4, -0.2) is 111 Å². The van der Waals surface area contributed by atoms with Crippen LogP contribution in [0.5, 0.6) is 11.5 Å². The maximum atomic E-state index is 12.0. The highest BCUT2D eigenvalue weighted by molar-refractivity contribution is 5.96. The first kappa shape index (κ1) is 34.1. The van der Waals surface area contributed by atoms with Gasteiger partial charge in [0, 0.05) is 43.5 Å². The number of fused-ring (bicyclic) bond motifs is 4. The number of aliphatic hydroxyl groups is 2. The van der Waals surface area contributed by atoms with Crippen LogP contribution in [0.4, 0.5) is 5.69 Å². The number of piperidine rings is 3. The third-order valence-electron chi connectivity index (χ3n) is 10.8. The van der Waals surface area contributed by atoms with Gasteiger partial charge in [-0.2, -0.15) is 0 Å². The summed E-state index contributed by atoms with van der Waals surface area (Å²) in [5.74, 6) is 0.848. The molecule has 3 atom stereocenters. The van der Waals surface area contributed by atoms with Crippen molar-refractivity contribution >= 4 is 11.6 Å². The number of aliphatic hydroxyl groups excluding tert-OH is 1. The van der Waals surface area contributed by atoms with Crippen LogP contribution in [0.25, 0.3) is 0 Å². The van der Waals surface area contributed by atoms with Crippen LogP contribution in [0.3, 0.4) is 0 Å². The molecule has 0 spiro atoms. The molecule has 11 nitrogen and oxygen atoms in total. The summed E-state index contributed by atoms with van der Waals surface area (Å²) in [5, 5.41) is 38.4. The van der Waals surface area contributed by atoms with Crippen LogP contribution in [-0.2, 0) is 24.6 Å². The van der Waals surface area contributed by atoms with E-state index >= 15 is 0 Å². The molecule has 5 aliphatic rings. The number of ether oxygens (including phenoxy) is 4. The Kier molecular flexibility index (Phi) is 11.3. The quantitative estimate of drug-likeness (QED) is 0.129. The molecule has 3 saturated heterocycles. The van der Waals surface area contributed by atoms with E-state index < -0.39 is 11.7 Å². The van der Waals surface area contributed by atoms with Crippen LogP contribution in [0.2, 0.25) is 0 Å². The van der Waals surface area contributed by atoms with Crippen LogP contribution >= 0.6 is 0 Å². The van der Waals surface area contributed by atoms with E-state index in [2.05, 4.69) is 22.8 Å². The number of carbonyl (C=O) groups is 1. The molecule has 4 heterocycles. The number of anilines is 1. The Labute approximate surface area is 277 Å². The fraction of sp³-hybridized carbons (Fsp3) is 0.639. The molecule has 47 heavy (non-hydrogen) atoms. The summed E-state index contributed by atoms with van der Waals surface area (Å²) >= 11 is 0. The minimum Gasteiger partial charge on any atom is -0.508 e. The maximum absolute atomic E-state index is 12.0. The van der Waals surface area contributed by atoms with E-state index in [1.807, 2.05) is 18.2 Å². The molecule has 1 saturated carbocycles. The predicted molar refractivity (Wildman–Crippen MR) is 176 cm³/mol. The summed E-state index contributed by atoms with van der Waals surface area (Å²) in [6, 6.07) is 13.0. The van der Waals surface area contributed by atoms with Crippen molar-refractivity contribution in [3.05, 3.63) is 53.6 Å². The largest absolute Gasteiger partial charge is 0.508 e. The van der Waals surface area contributed by atoms with Gasteiger partial charge in [0.05, 0.1) is 57.9 Å². The van der Waals surface area contributed by atoms with Gasteiger partial charge in [0.25, 0.3) is 5.91 Å². The first-order valence-electron chi connectivity index (χ1n) is 17.4. The van der Waals surface area contributed by atoms with Gasteiger partial charge < -0.3 is 49.4 Å². The number of quaternary nitrogens is 1. The number of hydrogen-bond acceptors (Lipinski definition) is 9. The van der Waals surface area contributed by atoms with Gasteiger partial charge in [-0.3, -0.25) is 4.79 Å². The molecule has 1 unspecified atom stereocenters. The molecule has 0 aromatic heterocycles. The number of phenolic OH excluding ortho intramolecular Hbond substituents is 1. The van der Waals surface area contributed by atoms with E-state index in [-0.39, 0.29) is 36.8 Å². The Balaban J connectivity index is 0.868. The van der Waals surface area contributed by atoms with E-state index in [1.54, 1.807) is 0 Å². The highest BCUT2D eigenvalue weighted by atomic mass is 16.5. The first-order valence-corrected chi connectivity index (χ1v) is 17.4. The highest BCUT2D eigenvalue weighted by Gasteiger charge is 2.48. The van der Waals surface area contributed by atoms with Gasteiger partial charge in [0.2, 0.25) is 0 Å². The van der Waals surface area contributed by atoms with E-state index in [0.29, 0.717) is 62.5 Å². The van der Waals surface area contributed by atoms with Crippen molar-refractivity contribution < 1.29 is 43.5 Å². The second-order valence-corrected chi connectivity index (χ2v) is 13.8. The lowest BCUT2D eigenvalue weighted by Crippen LogP contribution is -2.65. The van der Waals surface area contributed by atoms with E-state index in [0.717, 1.165) is 36.0 Å². The van der Waals surface area contributed by atoms with Gasteiger partial charge >= 0.3 is 0 Å². The van der Waals surface area contributed by atoms with Crippen molar-refractivity contribution in [1.82, 2.24) is 5.32 Å². The smallest absolute Gasteiger partial charge is 0.262 e. The van der Waals surface area contributed by atoms with Gasteiger partial charge in [-0.05, 0) is 30.4 Å². The number of amides is 1. The SMILES string of the molecule is O=C1COc2c(cc(O)cc2[C@@H](O)CNCCOCCOCC[N+]23CCC(CC2)[C@@H](OCC(O)(c2ccccc2)C2CCCC2)C3)N1. The van der Waals surface area contributed by atoms with E-state index in [4.69, 9.17) is 18.9 Å². The summed E-state index contributed by atoms with van der Waals surface area (Å²) in [6.07, 6.45) is 6.07. The molecule has 7 rings (SSSR count). The molecule has 2 bridgehead atoms. The summed E-state index contributed by atoms with van der Waals surface area (Å²) in [6.45, 7) is 7.47. The topological polar surface area (TPSA) is 139 Å². The second kappa shape index (κ2) is 15.6. The standard InChI is InChI=1S/C36H51N3O8/c40-29-20-30(35-31(21-29)38-34(42)24-46-35)32(41)22-37-12-16-44-18-19-45-17-15-39-13-10-26(11-14-39)33(23-39)47-25-36(43,28-8-4-5-9-28)27-6-2-1-3-7-27/h1-3,6-7,20-21,26,28,32-33,37,41,43H,4-5,8-19,22-25H2,(H-,38,40,42)/p+1/t26?,32-,33-,36?,39?/m0/s1. The third kappa shape index (κ3) is 8.28. The number of rotatable bonds is 17. The molecule has 4 aliphatic heterocycles. The molecule has 5 N–H and O–H groups in total. The average molecular weight is 655 g/mol. The predicted octanol–water partition coefficient (Wildman–Crippen LogP) is 3.08. The zero-order valence-electron chi connectivity index (χ0n) is 27.4. The lowest BCUT2D eigenvalue weighted by molar-refractivity contribution is -0.946. The summed E-state index contributed by atoms with van der Waals surface area (Å²) in [7, 11) is 0. The third-order valence-corrected chi connectivity index (χ3v) is 10.8. The number of benzene rings is 2. The van der Waals surface area contributed by atoms with Crippen LogP contribution in [0.15, 0.2) is 42.5 Å². The Morgan fingerprint density at radius 1 is 1.02 bits per heavy atom. The monoisotopic (exact) mass is 654 g/mol. The minimum atomic E-state index is -0.923. The molecule has 258 valence electrons. The van der Waals surface area contributed by atoms with Crippen molar-refractivity contribution in [1.29, 1.82) is 0 Å². The molecular formula is C36H52N3O8+. The normalized spacial score (nSPS) is 26.0. The van der Waals surface area contributed by atoms with Crippen molar-refractivity contribution in [2.45, 2.75) is 56.3 Å². The minimum absolute atomic E-state index is 0.0548. The molecule has 4 fully saturated rings. The zero-order chi connectivity index (χ0) is 32.7. The number of aromatic hydroxyl groups is 1. The van der Waals surface area contributed by atoms with Crippen LogP contribution in [0.1, 0.15) is 55.8 Å². The number of carbonyl (C=O) groups excluding carboxylic acids is 1. The van der Waals surface area contributed by atoms with Crippen molar-refractivity contribution in [2.24, 2.45) is 11.8 Å². The summed E-state index contributed by atoms with van der Waals surface area (Å²) in [5.41, 5.74) is 0.836. The van der Waals surface area contributed by atoms with Crippen molar-refractivity contribution in [2.75, 3.05) is 84.2 Å². The molecule has 1 amide bonds. The Morgan fingerprint density at radius 3 is 2.53 bits per heavy atom. The molecule has 2 aromatic carbocycles. The van der Waals surface area contributed by atoms with Gasteiger partial charge in [-0.25, -0.2) is 0 Å². The lowest BCUT2D eigenvalue weighted by atomic mass is 9.80. The molecule has 1 aliphatic carbocycles. The van der Waals surface area contributed by atoms with E-state index in [1.165, 1.54) is 50.9 Å². The molecule has 0 radical (unpaired) electrons. The van der Waals surface area contributed by atoms with Gasteiger partial charge in [0.1, 0.15) is 36.3 Å². The van der Waals surface area contributed by atoms with Gasteiger partial charge in [0.15, 0.2) is 6.61 Å². The fourth-order valence-corrected chi connectivity index (χ4v) is 8.06. The first-order chi connectivity index (χ1) is 22.9. The fourth-order valence-electron chi connectivity index (χ4n) is 8.06. The Bertz CT molecular complexity index is 1310. The summed E-state index contributed by atoms with van der Waals surface area (Å²) in [4.78, 5) is 11.6. The molecule has 11 heteroatoms. The van der Waals surface area contributed by atoms with Crippen LogP contribution in [0, 0.1) is 11.8 Å². The number of nitrogens with one attached hydrogen (secondary N) is 2. The number of phenols is 1. The second-order valence-electron chi connectivity index (χ2n) is 13.8. The lowest BCUT2D eigenvalue weighted by Gasteiger charge is -2.52. The van der Waals surface area contributed by atoms with E-state index in [9.17, 15) is 20.1 Å². The molecular weight excluding hydrogens is 602 g/mol. The van der Waals surface area contributed by atoms with Gasteiger partial charge in [-0.1, -0.05) is 43.2 Å². The summed E-state index contributed by atoms with van der Waals surface area (Å²) < 4.78 is 24.9. The number of nitrogens with zero attached hydrogens (tertiary/aromatic N) is 1. The number of hydrogen-bond donors (Lipinski definition) is 5. The average Bonchev–Trinajstić information content (AvgIpc) is 3.64. The van der Waals surface area contributed by atoms with Crippen molar-refractivity contribution in [3.8, 4) is 11.5 Å². The highest BCUT2D eigenvalue weighted by Crippen LogP contribution is 2.43. The maximum Gasteiger partial charge on any atom is 0.262 e. The Morgan fingerprint density at radius 2 is 1.77 bits per heavy atom. The van der Waals surface area contributed by atoms with Gasteiger partial charge in [-0.15, -0.1) is 0 Å². The Hall–Kier alpha value is -2.77. The van der Waals surface area contributed by atoms with Crippen molar-refractivity contribution in [3.63, 3.8) is 0 Å². The zero-order valence-corrected chi connectivity index (χ0v) is 27.4. The van der Waals surface area contributed by atoms with Crippen LogP contribution < -0.4 is 15.4 Å². The molecule has 2 aromatic rings.